The number of carbonyl (C=O) groups excluding carboxylic acids is 1. The maximum Gasteiger partial charge on any atom is 0.337 e. The molecule has 0 saturated carbocycles. The fraction of sp³-hybridized carbons (Fsp3) is 0.278. The van der Waals surface area contributed by atoms with Gasteiger partial charge in [-0.3, -0.25) is 14.7 Å². The lowest BCUT2D eigenvalue weighted by atomic mass is 10.1. The molecule has 0 bridgehead atoms. The molecule has 130 valence electrons. The molecule has 1 saturated heterocycles. The summed E-state index contributed by atoms with van der Waals surface area (Å²) in [7, 11) is 0. The van der Waals surface area contributed by atoms with Gasteiger partial charge in [-0.2, -0.15) is 0 Å². The minimum atomic E-state index is -1.07. The minimum Gasteiger partial charge on any atom is -0.478 e. The Morgan fingerprint density at radius 2 is 2.00 bits per heavy atom. The predicted octanol–water partition coefficient (Wildman–Crippen LogP) is 1.86. The van der Waals surface area contributed by atoms with Crippen molar-refractivity contribution in [2.45, 2.75) is 6.54 Å². The first-order chi connectivity index (χ1) is 12.1. The second-order valence-corrected chi connectivity index (χ2v) is 5.78. The van der Waals surface area contributed by atoms with E-state index in [0.717, 1.165) is 38.4 Å². The summed E-state index contributed by atoms with van der Waals surface area (Å²) in [6.07, 6.45) is 1.17. The Balaban J connectivity index is 1.64. The molecule has 2 heterocycles. The molecule has 2 aromatic rings. The van der Waals surface area contributed by atoms with E-state index in [9.17, 15) is 9.59 Å². The van der Waals surface area contributed by atoms with Gasteiger partial charge >= 0.3 is 5.97 Å². The van der Waals surface area contributed by atoms with Gasteiger partial charge < -0.3 is 15.2 Å². The Bertz CT molecular complexity index is 755. The van der Waals surface area contributed by atoms with E-state index in [1.807, 2.05) is 24.3 Å². The van der Waals surface area contributed by atoms with Crippen molar-refractivity contribution in [2.24, 2.45) is 0 Å². The molecule has 3 rings (SSSR count). The summed E-state index contributed by atoms with van der Waals surface area (Å²) in [5.74, 6) is -1.45. The van der Waals surface area contributed by atoms with Gasteiger partial charge in [-0.25, -0.2) is 4.79 Å². The molecule has 1 aromatic carbocycles. The SMILES string of the molecule is O=C(O)c1ccc(C(=O)Nc2cccc(CN3CCOCC3)c2)nc1. The summed E-state index contributed by atoms with van der Waals surface area (Å²) in [5, 5.41) is 11.7. The third kappa shape index (κ3) is 4.62. The lowest BCUT2D eigenvalue weighted by Gasteiger charge is -2.26. The first kappa shape index (κ1) is 17.1. The zero-order chi connectivity index (χ0) is 17.6. The van der Waals surface area contributed by atoms with E-state index in [2.05, 4.69) is 15.2 Å². The van der Waals surface area contributed by atoms with Crippen LogP contribution < -0.4 is 5.32 Å². The van der Waals surface area contributed by atoms with Crippen LogP contribution in [0, 0.1) is 0 Å². The van der Waals surface area contributed by atoms with Crippen LogP contribution in [0.5, 0.6) is 0 Å². The zero-order valence-corrected chi connectivity index (χ0v) is 13.6. The summed E-state index contributed by atoms with van der Waals surface area (Å²) in [4.78, 5) is 29.3. The van der Waals surface area contributed by atoms with Crippen molar-refractivity contribution in [3.63, 3.8) is 0 Å². The number of rotatable bonds is 5. The number of nitrogens with zero attached hydrogens (tertiary/aromatic N) is 2. The number of carbonyl (C=O) groups is 2. The van der Waals surface area contributed by atoms with Crippen molar-refractivity contribution < 1.29 is 19.4 Å². The predicted molar refractivity (Wildman–Crippen MR) is 91.7 cm³/mol. The van der Waals surface area contributed by atoms with E-state index in [-0.39, 0.29) is 17.2 Å². The Hall–Kier alpha value is -2.77. The first-order valence-corrected chi connectivity index (χ1v) is 8.01. The van der Waals surface area contributed by atoms with E-state index in [1.165, 1.54) is 18.3 Å². The standard InChI is InChI=1S/C18H19N3O4/c22-17(16-5-4-14(11-19-16)18(23)24)20-15-3-1-2-13(10-15)12-21-6-8-25-9-7-21/h1-5,10-11H,6-9,12H2,(H,20,22)(H,23,24). The quantitative estimate of drug-likeness (QED) is 0.862. The van der Waals surface area contributed by atoms with Crippen LogP contribution in [0.4, 0.5) is 5.69 Å². The number of carboxylic acid groups (broad SMARTS) is 1. The number of carboxylic acids is 1. The van der Waals surface area contributed by atoms with Gasteiger partial charge in [0.05, 0.1) is 18.8 Å². The molecule has 1 aliphatic rings. The molecular weight excluding hydrogens is 322 g/mol. The fourth-order valence-corrected chi connectivity index (χ4v) is 2.61. The van der Waals surface area contributed by atoms with Crippen LogP contribution >= 0.6 is 0 Å². The van der Waals surface area contributed by atoms with Gasteiger partial charge in [-0.15, -0.1) is 0 Å². The lowest BCUT2D eigenvalue weighted by Crippen LogP contribution is -2.35. The molecule has 7 nitrogen and oxygen atoms in total. The maximum atomic E-state index is 12.2. The summed E-state index contributed by atoms with van der Waals surface area (Å²) in [6, 6.07) is 10.4. The van der Waals surface area contributed by atoms with E-state index < -0.39 is 5.97 Å². The minimum absolute atomic E-state index is 0.0454. The first-order valence-electron chi connectivity index (χ1n) is 8.01. The highest BCUT2D eigenvalue weighted by Crippen LogP contribution is 2.14. The number of pyridine rings is 1. The molecule has 1 amide bonds. The van der Waals surface area contributed by atoms with E-state index >= 15 is 0 Å². The van der Waals surface area contributed by atoms with Crippen LogP contribution in [0.1, 0.15) is 26.4 Å². The number of amides is 1. The van der Waals surface area contributed by atoms with Crippen molar-refractivity contribution in [2.75, 3.05) is 31.6 Å². The molecule has 7 heteroatoms. The number of anilines is 1. The van der Waals surface area contributed by atoms with Gasteiger partial charge in [0.15, 0.2) is 0 Å². The number of hydrogen-bond donors (Lipinski definition) is 2. The van der Waals surface area contributed by atoms with Gasteiger partial charge in [0.2, 0.25) is 0 Å². The van der Waals surface area contributed by atoms with E-state index in [1.54, 1.807) is 0 Å². The molecule has 2 N–H and O–H groups in total. The maximum absolute atomic E-state index is 12.2. The number of benzene rings is 1. The second-order valence-electron chi connectivity index (χ2n) is 5.78. The highest BCUT2D eigenvalue weighted by Gasteiger charge is 2.12. The third-order valence-electron chi connectivity index (χ3n) is 3.94. The molecule has 1 aromatic heterocycles. The number of aromatic nitrogens is 1. The Morgan fingerprint density at radius 3 is 2.68 bits per heavy atom. The highest BCUT2D eigenvalue weighted by molar-refractivity contribution is 6.03. The van der Waals surface area contributed by atoms with Crippen LogP contribution in [0.15, 0.2) is 42.6 Å². The van der Waals surface area contributed by atoms with Crippen molar-refractivity contribution in [1.82, 2.24) is 9.88 Å². The summed E-state index contributed by atoms with van der Waals surface area (Å²) in [6.45, 7) is 4.09. The molecule has 0 spiro atoms. The molecule has 1 fully saturated rings. The fourth-order valence-electron chi connectivity index (χ4n) is 2.61. The van der Waals surface area contributed by atoms with E-state index in [4.69, 9.17) is 9.84 Å². The average molecular weight is 341 g/mol. The van der Waals surface area contributed by atoms with Crippen molar-refractivity contribution in [3.05, 3.63) is 59.4 Å². The summed E-state index contributed by atoms with van der Waals surface area (Å²) in [5.41, 5.74) is 2.00. The molecule has 0 atom stereocenters. The number of nitrogens with one attached hydrogen (secondary N) is 1. The molecule has 1 aliphatic heterocycles. The van der Waals surface area contributed by atoms with Crippen LogP contribution in [-0.2, 0) is 11.3 Å². The van der Waals surface area contributed by atoms with Gasteiger partial charge in [0, 0.05) is 31.5 Å². The van der Waals surface area contributed by atoms with Crippen LogP contribution in [0.2, 0.25) is 0 Å². The Morgan fingerprint density at radius 1 is 1.20 bits per heavy atom. The monoisotopic (exact) mass is 341 g/mol. The molecule has 0 unspecified atom stereocenters. The summed E-state index contributed by atoms with van der Waals surface area (Å²) >= 11 is 0. The molecule has 0 radical (unpaired) electrons. The van der Waals surface area contributed by atoms with Gasteiger partial charge in [-0.1, -0.05) is 12.1 Å². The second kappa shape index (κ2) is 7.87. The molecular formula is C18H19N3O4. The zero-order valence-electron chi connectivity index (χ0n) is 13.6. The molecule has 0 aliphatic carbocycles. The highest BCUT2D eigenvalue weighted by atomic mass is 16.5. The van der Waals surface area contributed by atoms with Gasteiger partial charge in [0.1, 0.15) is 5.69 Å². The van der Waals surface area contributed by atoms with Crippen molar-refractivity contribution in [1.29, 1.82) is 0 Å². The van der Waals surface area contributed by atoms with Crippen molar-refractivity contribution in [3.8, 4) is 0 Å². The number of hydrogen-bond acceptors (Lipinski definition) is 5. The average Bonchev–Trinajstić information content (AvgIpc) is 2.63. The lowest BCUT2D eigenvalue weighted by molar-refractivity contribution is 0.0342. The van der Waals surface area contributed by atoms with Gasteiger partial charge in [-0.05, 0) is 29.8 Å². The topological polar surface area (TPSA) is 91.8 Å². The van der Waals surface area contributed by atoms with Crippen LogP contribution in [0.25, 0.3) is 0 Å². The van der Waals surface area contributed by atoms with Crippen LogP contribution in [-0.4, -0.2) is 53.2 Å². The molecule has 25 heavy (non-hydrogen) atoms. The van der Waals surface area contributed by atoms with Crippen LogP contribution in [0.3, 0.4) is 0 Å². The van der Waals surface area contributed by atoms with E-state index in [0.29, 0.717) is 5.69 Å². The Kier molecular flexibility index (Phi) is 5.37. The van der Waals surface area contributed by atoms with Gasteiger partial charge in [0.25, 0.3) is 5.91 Å². The number of ether oxygens (including phenoxy) is 1. The number of aromatic carboxylic acids is 1. The third-order valence-corrected chi connectivity index (χ3v) is 3.94. The smallest absolute Gasteiger partial charge is 0.337 e. The van der Waals surface area contributed by atoms with Crippen molar-refractivity contribution >= 4 is 17.6 Å². The number of morpholine rings is 1. The Labute approximate surface area is 145 Å². The largest absolute Gasteiger partial charge is 0.478 e. The normalized spacial score (nSPS) is 14.9. The summed E-state index contributed by atoms with van der Waals surface area (Å²) < 4.78 is 5.34.